The predicted octanol–water partition coefficient (Wildman–Crippen LogP) is 4.23. The van der Waals surface area contributed by atoms with Gasteiger partial charge in [-0.2, -0.15) is 0 Å². The summed E-state index contributed by atoms with van der Waals surface area (Å²) in [5.74, 6) is 0. The van der Waals surface area contributed by atoms with Crippen molar-refractivity contribution in [2.24, 2.45) is 0 Å². The molecule has 0 amide bonds. The molecule has 4 heterocycles. The van der Waals surface area contributed by atoms with Gasteiger partial charge in [0.15, 0.2) is 0 Å². The van der Waals surface area contributed by atoms with E-state index in [-0.39, 0.29) is 0 Å². The van der Waals surface area contributed by atoms with Crippen LogP contribution in [0.5, 0.6) is 0 Å². The summed E-state index contributed by atoms with van der Waals surface area (Å²) >= 11 is 0. The van der Waals surface area contributed by atoms with Gasteiger partial charge < -0.3 is 0 Å². The standard InChI is InChI=1S/C24H23N5/c1-24(22-12-4-8-16-27-22,23-13-5-9-17-28-23)29(18-20-10-2-6-14-25-20)19-21-11-3-7-15-26-21/h2-17H,18-19H2,1H3. The zero-order valence-corrected chi connectivity index (χ0v) is 16.4. The zero-order chi connectivity index (χ0) is 19.9. The molecule has 0 radical (unpaired) electrons. The Morgan fingerprint density at radius 2 is 1.00 bits per heavy atom. The van der Waals surface area contributed by atoms with Crippen LogP contribution in [-0.2, 0) is 18.6 Å². The van der Waals surface area contributed by atoms with E-state index in [2.05, 4.69) is 33.9 Å². The lowest BCUT2D eigenvalue weighted by Crippen LogP contribution is -2.45. The zero-order valence-electron chi connectivity index (χ0n) is 16.4. The molecule has 0 aliphatic carbocycles. The van der Waals surface area contributed by atoms with Crippen LogP contribution in [0.4, 0.5) is 0 Å². The summed E-state index contributed by atoms with van der Waals surface area (Å²) in [6.07, 6.45) is 7.31. The molecule has 5 nitrogen and oxygen atoms in total. The highest BCUT2D eigenvalue weighted by Crippen LogP contribution is 2.35. The number of nitrogens with zero attached hydrogens (tertiary/aromatic N) is 5. The molecule has 0 aliphatic heterocycles. The second-order valence-electron chi connectivity index (χ2n) is 7.00. The van der Waals surface area contributed by atoms with E-state index in [1.54, 1.807) is 0 Å². The molecule has 0 atom stereocenters. The minimum Gasteiger partial charge on any atom is -0.276 e. The lowest BCUT2D eigenvalue weighted by molar-refractivity contribution is 0.108. The first-order valence-electron chi connectivity index (χ1n) is 9.65. The van der Waals surface area contributed by atoms with Crippen molar-refractivity contribution >= 4 is 0 Å². The first-order chi connectivity index (χ1) is 14.3. The van der Waals surface area contributed by atoms with E-state index >= 15 is 0 Å². The SMILES string of the molecule is CC(c1ccccn1)(c1ccccn1)N(Cc1ccccn1)Cc1ccccn1. The maximum atomic E-state index is 4.71. The molecule has 0 spiro atoms. The Bertz CT molecular complexity index is 927. The first kappa shape index (κ1) is 18.9. The molecule has 0 aromatic carbocycles. The number of hydrogen-bond acceptors (Lipinski definition) is 5. The molecule has 4 rings (SSSR count). The topological polar surface area (TPSA) is 54.8 Å². The van der Waals surface area contributed by atoms with E-state index in [0.717, 1.165) is 22.8 Å². The molecule has 0 fully saturated rings. The van der Waals surface area contributed by atoms with Gasteiger partial charge in [-0.15, -0.1) is 0 Å². The van der Waals surface area contributed by atoms with Crippen molar-refractivity contribution < 1.29 is 0 Å². The van der Waals surface area contributed by atoms with Gasteiger partial charge in [-0.1, -0.05) is 24.3 Å². The average Bonchev–Trinajstić information content (AvgIpc) is 2.81. The highest BCUT2D eigenvalue weighted by Gasteiger charge is 2.38. The maximum Gasteiger partial charge on any atom is 0.104 e. The quantitative estimate of drug-likeness (QED) is 0.479. The van der Waals surface area contributed by atoms with Gasteiger partial charge in [-0.3, -0.25) is 24.8 Å². The molecular formula is C24H23N5. The van der Waals surface area contributed by atoms with Crippen molar-refractivity contribution in [1.82, 2.24) is 24.8 Å². The summed E-state index contributed by atoms with van der Waals surface area (Å²) in [4.78, 5) is 20.9. The number of pyridine rings is 4. The number of hydrogen-bond donors (Lipinski definition) is 0. The van der Waals surface area contributed by atoms with Crippen LogP contribution >= 0.6 is 0 Å². The first-order valence-corrected chi connectivity index (χ1v) is 9.65. The Labute approximate surface area is 171 Å². The Kier molecular flexibility index (Phi) is 5.68. The third-order valence-electron chi connectivity index (χ3n) is 5.12. The van der Waals surface area contributed by atoms with Crippen molar-refractivity contribution in [3.63, 3.8) is 0 Å². The van der Waals surface area contributed by atoms with Crippen LogP contribution in [0.25, 0.3) is 0 Å². The van der Waals surface area contributed by atoms with Crippen molar-refractivity contribution in [3.05, 3.63) is 120 Å². The summed E-state index contributed by atoms with van der Waals surface area (Å²) < 4.78 is 0. The van der Waals surface area contributed by atoms with Crippen molar-refractivity contribution in [3.8, 4) is 0 Å². The monoisotopic (exact) mass is 381 g/mol. The van der Waals surface area contributed by atoms with E-state index in [9.17, 15) is 0 Å². The highest BCUT2D eigenvalue weighted by molar-refractivity contribution is 5.30. The van der Waals surface area contributed by atoms with Crippen LogP contribution in [-0.4, -0.2) is 24.8 Å². The van der Waals surface area contributed by atoms with Gasteiger partial charge in [-0.05, 0) is 55.5 Å². The summed E-state index contributed by atoms with van der Waals surface area (Å²) in [7, 11) is 0. The lowest BCUT2D eigenvalue weighted by Gasteiger charge is -2.40. The molecule has 0 unspecified atom stereocenters. The molecule has 4 aromatic rings. The van der Waals surface area contributed by atoms with E-state index in [0.29, 0.717) is 13.1 Å². The molecule has 0 bridgehead atoms. The van der Waals surface area contributed by atoms with E-state index in [1.165, 1.54) is 0 Å². The molecule has 0 saturated carbocycles. The molecule has 0 N–H and O–H groups in total. The Hall–Kier alpha value is -3.44. The summed E-state index contributed by atoms with van der Waals surface area (Å²) in [6, 6.07) is 24.0. The van der Waals surface area contributed by atoms with Gasteiger partial charge in [0.1, 0.15) is 5.54 Å². The van der Waals surface area contributed by atoms with Gasteiger partial charge in [-0.25, -0.2) is 0 Å². The smallest absolute Gasteiger partial charge is 0.104 e. The average molecular weight is 381 g/mol. The van der Waals surface area contributed by atoms with Crippen molar-refractivity contribution in [1.29, 1.82) is 0 Å². The lowest BCUT2D eigenvalue weighted by atomic mass is 9.89. The van der Waals surface area contributed by atoms with Crippen molar-refractivity contribution in [2.45, 2.75) is 25.6 Å². The van der Waals surface area contributed by atoms with Gasteiger partial charge in [0.05, 0.1) is 22.8 Å². The minimum atomic E-state index is -0.558. The summed E-state index contributed by atoms with van der Waals surface area (Å²) in [5, 5.41) is 0. The van der Waals surface area contributed by atoms with Crippen LogP contribution in [0.2, 0.25) is 0 Å². The van der Waals surface area contributed by atoms with Gasteiger partial charge >= 0.3 is 0 Å². The molecule has 29 heavy (non-hydrogen) atoms. The Balaban J connectivity index is 1.83. The fraction of sp³-hybridized carbons (Fsp3) is 0.167. The molecule has 0 saturated heterocycles. The third kappa shape index (κ3) is 4.20. The van der Waals surface area contributed by atoms with E-state index in [1.807, 2.05) is 85.5 Å². The second kappa shape index (κ2) is 8.71. The predicted molar refractivity (Wildman–Crippen MR) is 113 cm³/mol. The van der Waals surface area contributed by atoms with Crippen LogP contribution in [0.15, 0.2) is 97.6 Å². The fourth-order valence-electron chi connectivity index (χ4n) is 3.50. The van der Waals surface area contributed by atoms with Gasteiger partial charge in [0.2, 0.25) is 0 Å². The normalized spacial score (nSPS) is 11.5. The Morgan fingerprint density at radius 1 is 0.586 bits per heavy atom. The number of aromatic nitrogens is 4. The van der Waals surface area contributed by atoms with E-state index < -0.39 is 5.54 Å². The van der Waals surface area contributed by atoms with E-state index in [4.69, 9.17) is 9.97 Å². The highest BCUT2D eigenvalue weighted by atomic mass is 15.2. The second-order valence-corrected chi connectivity index (χ2v) is 7.00. The third-order valence-corrected chi connectivity index (χ3v) is 5.12. The molecule has 0 aliphatic rings. The molecule has 144 valence electrons. The van der Waals surface area contributed by atoms with Crippen LogP contribution in [0, 0.1) is 0 Å². The summed E-state index contributed by atoms with van der Waals surface area (Å²) in [5.41, 5.74) is 3.29. The minimum absolute atomic E-state index is 0.558. The fourth-order valence-corrected chi connectivity index (χ4v) is 3.50. The maximum absolute atomic E-state index is 4.71. The van der Waals surface area contributed by atoms with Gasteiger partial charge in [0.25, 0.3) is 0 Å². The Morgan fingerprint density at radius 3 is 1.34 bits per heavy atom. The van der Waals surface area contributed by atoms with Gasteiger partial charge in [0, 0.05) is 37.9 Å². The summed E-state index contributed by atoms with van der Waals surface area (Å²) in [6.45, 7) is 3.45. The molecule has 4 aromatic heterocycles. The van der Waals surface area contributed by atoms with Crippen LogP contribution in [0.1, 0.15) is 29.7 Å². The number of rotatable bonds is 7. The van der Waals surface area contributed by atoms with Crippen molar-refractivity contribution in [2.75, 3.05) is 0 Å². The van der Waals surface area contributed by atoms with Crippen LogP contribution in [0.3, 0.4) is 0 Å². The van der Waals surface area contributed by atoms with Crippen LogP contribution < -0.4 is 0 Å². The molecular weight excluding hydrogens is 358 g/mol. The molecule has 5 heteroatoms. The largest absolute Gasteiger partial charge is 0.276 e.